The maximum absolute atomic E-state index is 11.7. The fourth-order valence-electron chi connectivity index (χ4n) is 5.70. The van der Waals surface area contributed by atoms with Gasteiger partial charge in [-0.3, -0.25) is 9.59 Å². The van der Waals surface area contributed by atoms with Crippen LogP contribution in [0.2, 0.25) is 0 Å². The Morgan fingerprint density at radius 2 is 1.00 bits per heavy atom. The van der Waals surface area contributed by atoms with Gasteiger partial charge in [-0.1, -0.05) is 73.5 Å². The summed E-state index contributed by atoms with van der Waals surface area (Å²) in [4.78, 5) is 23.4. The second-order valence-corrected chi connectivity index (χ2v) is 9.45. The van der Waals surface area contributed by atoms with Crippen molar-refractivity contribution in [3.05, 3.63) is 82.9 Å². The molecule has 2 heteroatoms. The van der Waals surface area contributed by atoms with Gasteiger partial charge in [0.25, 0.3) is 0 Å². The summed E-state index contributed by atoms with van der Waals surface area (Å²) in [5.74, 6) is 0.206. The lowest BCUT2D eigenvalue weighted by Crippen LogP contribution is -2.15. The molecule has 0 radical (unpaired) electrons. The summed E-state index contributed by atoms with van der Waals surface area (Å²) < 4.78 is 0. The van der Waals surface area contributed by atoms with Crippen LogP contribution in [0.5, 0.6) is 0 Å². The van der Waals surface area contributed by atoms with Crippen LogP contribution in [-0.2, 0) is 12.8 Å². The third kappa shape index (κ3) is 3.54. The first-order valence-corrected chi connectivity index (χ1v) is 11.3. The molecule has 0 saturated heterocycles. The molecule has 1 saturated carbocycles. The molecule has 0 bridgehead atoms. The van der Waals surface area contributed by atoms with Crippen molar-refractivity contribution in [2.75, 3.05) is 0 Å². The molecule has 0 atom stereocenters. The zero-order valence-electron chi connectivity index (χ0n) is 18.3. The average molecular weight is 409 g/mol. The number of Topliss-reactive ketones (excluding diaryl/α,β-unsaturated/α-hetero) is 2. The minimum atomic E-state index is 0.103. The van der Waals surface area contributed by atoms with Gasteiger partial charge in [0.15, 0.2) is 11.6 Å². The van der Waals surface area contributed by atoms with Crippen LogP contribution in [0.1, 0.15) is 71.4 Å². The van der Waals surface area contributed by atoms with Crippen molar-refractivity contribution in [2.24, 2.45) is 5.41 Å². The lowest BCUT2D eigenvalue weighted by Gasteiger charge is -2.22. The summed E-state index contributed by atoms with van der Waals surface area (Å²) in [6.45, 7) is 3.23. The molecule has 0 unspecified atom stereocenters. The van der Waals surface area contributed by atoms with E-state index in [0.29, 0.717) is 5.41 Å². The summed E-state index contributed by atoms with van der Waals surface area (Å²) in [5.41, 5.74) is 9.87. The highest BCUT2D eigenvalue weighted by Gasteiger charge is 2.41. The molecule has 1 fully saturated rings. The van der Waals surface area contributed by atoms with Gasteiger partial charge in [0.05, 0.1) is 0 Å². The maximum atomic E-state index is 11.7. The summed E-state index contributed by atoms with van der Waals surface area (Å²) in [6.07, 6.45) is 7.58. The van der Waals surface area contributed by atoms with E-state index in [-0.39, 0.29) is 11.6 Å². The quantitative estimate of drug-likeness (QED) is 0.432. The van der Waals surface area contributed by atoms with Gasteiger partial charge < -0.3 is 0 Å². The van der Waals surface area contributed by atoms with Gasteiger partial charge in [0.1, 0.15) is 0 Å². The summed E-state index contributed by atoms with van der Waals surface area (Å²) in [6, 6.07) is 20.6. The minimum Gasteiger partial charge on any atom is -0.295 e. The Bertz CT molecular complexity index is 1070. The Morgan fingerprint density at radius 1 is 0.613 bits per heavy atom. The molecular formula is C29H28O2. The third-order valence-electron chi connectivity index (χ3n) is 7.40. The lowest BCUT2D eigenvalue weighted by atomic mass is 9.82. The molecule has 1 spiro atoms. The average Bonchev–Trinajstić information content (AvgIpc) is 3.39. The standard InChI is InChI=1S/C29H28O2/c1-19(30)21-5-9-23(10-6-21)25-13-14-26(24-11-7-22(8-12-24)20(2)31)28-18-29(17-27(25)28)15-3-4-16-29/h5-14H,3-4,15-18H2,1-2H3. The Kier molecular flexibility index (Phi) is 4.89. The van der Waals surface area contributed by atoms with Crippen LogP contribution in [0.3, 0.4) is 0 Å². The highest BCUT2D eigenvalue weighted by molar-refractivity contribution is 5.95. The molecule has 3 aromatic rings. The fourth-order valence-corrected chi connectivity index (χ4v) is 5.70. The van der Waals surface area contributed by atoms with E-state index in [9.17, 15) is 9.59 Å². The van der Waals surface area contributed by atoms with E-state index in [1.807, 2.05) is 24.3 Å². The van der Waals surface area contributed by atoms with Gasteiger partial charge in [0, 0.05) is 11.1 Å². The molecule has 0 aliphatic heterocycles. The molecule has 0 N–H and O–H groups in total. The number of carbonyl (C=O) groups excluding carboxylic acids is 2. The van der Waals surface area contributed by atoms with Crippen LogP contribution in [-0.4, -0.2) is 11.6 Å². The molecule has 2 aliphatic rings. The SMILES string of the molecule is CC(=O)c1ccc(-c2ccc(-c3ccc(C(C)=O)cc3)c3c2CC2(CCCC2)C3)cc1. The van der Waals surface area contributed by atoms with E-state index in [1.54, 1.807) is 13.8 Å². The van der Waals surface area contributed by atoms with Crippen molar-refractivity contribution in [1.82, 2.24) is 0 Å². The van der Waals surface area contributed by atoms with Crippen LogP contribution in [0.4, 0.5) is 0 Å². The Hall–Kier alpha value is -3.00. The predicted octanol–water partition coefficient (Wildman–Crippen LogP) is 7.08. The van der Waals surface area contributed by atoms with E-state index in [1.165, 1.54) is 59.1 Å². The first-order valence-electron chi connectivity index (χ1n) is 11.3. The van der Waals surface area contributed by atoms with Crippen LogP contribution >= 0.6 is 0 Å². The number of fused-ring (bicyclic) bond motifs is 1. The van der Waals surface area contributed by atoms with Crippen molar-refractivity contribution in [3.63, 3.8) is 0 Å². The van der Waals surface area contributed by atoms with Crippen molar-refractivity contribution >= 4 is 11.6 Å². The molecular weight excluding hydrogens is 380 g/mol. The van der Waals surface area contributed by atoms with Crippen molar-refractivity contribution in [1.29, 1.82) is 0 Å². The molecule has 0 aromatic heterocycles. The van der Waals surface area contributed by atoms with Crippen molar-refractivity contribution in [3.8, 4) is 22.3 Å². The first kappa shape index (κ1) is 19.9. The molecule has 2 aliphatic carbocycles. The number of benzene rings is 3. The van der Waals surface area contributed by atoms with E-state index in [4.69, 9.17) is 0 Å². The zero-order valence-corrected chi connectivity index (χ0v) is 18.3. The number of carbonyl (C=O) groups is 2. The maximum Gasteiger partial charge on any atom is 0.159 e. The molecule has 0 amide bonds. The van der Waals surface area contributed by atoms with Gasteiger partial charge in [0.2, 0.25) is 0 Å². The van der Waals surface area contributed by atoms with Crippen LogP contribution in [0.15, 0.2) is 60.7 Å². The molecule has 31 heavy (non-hydrogen) atoms. The minimum absolute atomic E-state index is 0.103. The van der Waals surface area contributed by atoms with Crippen molar-refractivity contribution in [2.45, 2.75) is 52.4 Å². The monoisotopic (exact) mass is 408 g/mol. The van der Waals surface area contributed by atoms with E-state index < -0.39 is 0 Å². The van der Waals surface area contributed by atoms with E-state index >= 15 is 0 Å². The van der Waals surface area contributed by atoms with Gasteiger partial charge in [-0.05, 0) is 78.3 Å². The second kappa shape index (κ2) is 7.60. The van der Waals surface area contributed by atoms with Crippen molar-refractivity contribution < 1.29 is 9.59 Å². The summed E-state index contributed by atoms with van der Waals surface area (Å²) in [7, 11) is 0. The molecule has 3 aromatic carbocycles. The highest BCUT2D eigenvalue weighted by atomic mass is 16.1. The second-order valence-electron chi connectivity index (χ2n) is 9.45. The van der Waals surface area contributed by atoms with Gasteiger partial charge in [-0.25, -0.2) is 0 Å². The fraction of sp³-hybridized carbons (Fsp3) is 0.310. The van der Waals surface area contributed by atoms with Gasteiger partial charge >= 0.3 is 0 Å². The first-order chi connectivity index (χ1) is 15.0. The summed E-state index contributed by atoms with van der Waals surface area (Å²) in [5, 5.41) is 0. The molecule has 2 nitrogen and oxygen atoms in total. The largest absolute Gasteiger partial charge is 0.295 e. The Balaban J connectivity index is 1.61. The topological polar surface area (TPSA) is 34.1 Å². The molecule has 5 rings (SSSR count). The summed E-state index contributed by atoms with van der Waals surface area (Å²) >= 11 is 0. The third-order valence-corrected chi connectivity index (χ3v) is 7.40. The molecule has 156 valence electrons. The number of ketones is 2. The van der Waals surface area contributed by atoms with Gasteiger partial charge in [-0.2, -0.15) is 0 Å². The van der Waals surface area contributed by atoms with E-state index in [2.05, 4.69) is 36.4 Å². The van der Waals surface area contributed by atoms with E-state index in [0.717, 1.165) is 24.0 Å². The normalized spacial score (nSPS) is 16.5. The predicted molar refractivity (Wildman–Crippen MR) is 126 cm³/mol. The lowest BCUT2D eigenvalue weighted by molar-refractivity contribution is 0.100. The highest BCUT2D eigenvalue weighted by Crippen LogP contribution is 2.52. The van der Waals surface area contributed by atoms with Crippen LogP contribution < -0.4 is 0 Å². The smallest absolute Gasteiger partial charge is 0.159 e. The Morgan fingerprint density at radius 3 is 1.35 bits per heavy atom. The van der Waals surface area contributed by atoms with Gasteiger partial charge in [-0.15, -0.1) is 0 Å². The van der Waals surface area contributed by atoms with Crippen LogP contribution in [0, 0.1) is 5.41 Å². The molecule has 0 heterocycles. The number of rotatable bonds is 4. The number of hydrogen-bond donors (Lipinski definition) is 0. The Labute approximate surface area is 184 Å². The number of hydrogen-bond acceptors (Lipinski definition) is 2. The van der Waals surface area contributed by atoms with Crippen LogP contribution in [0.25, 0.3) is 22.3 Å². The zero-order chi connectivity index (χ0) is 21.6.